The molecule has 100 valence electrons. The van der Waals surface area contributed by atoms with Crippen LogP contribution in [0.3, 0.4) is 0 Å². The normalized spacial score (nSPS) is 20.3. The smallest absolute Gasteiger partial charge is 0.00747 e. The molecule has 1 saturated heterocycles. The summed E-state index contributed by atoms with van der Waals surface area (Å²) in [5.74, 6) is 0. The van der Waals surface area contributed by atoms with Crippen LogP contribution in [-0.2, 0) is 6.42 Å². The molecule has 1 aliphatic rings. The molecule has 1 heterocycles. The highest BCUT2D eigenvalue weighted by molar-refractivity contribution is 7.99. The van der Waals surface area contributed by atoms with E-state index in [9.17, 15) is 0 Å². The largest absolute Gasteiger partial charge is 0.314 e. The highest BCUT2D eigenvalue weighted by Crippen LogP contribution is 2.23. The second-order valence-electron chi connectivity index (χ2n) is 5.50. The third-order valence-corrected chi connectivity index (χ3v) is 4.50. The fraction of sp³-hybridized carbons (Fsp3) is 0.625. The van der Waals surface area contributed by atoms with Crippen molar-refractivity contribution in [1.82, 2.24) is 5.32 Å². The lowest BCUT2D eigenvalue weighted by molar-refractivity contribution is 0.383. The molecule has 0 radical (unpaired) electrons. The number of hydrogen-bond donors (Lipinski definition) is 1. The van der Waals surface area contributed by atoms with Gasteiger partial charge in [-0.05, 0) is 49.9 Å². The molecular formula is C16H25NS. The Bertz CT molecular complexity index is 339. The van der Waals surface area contributed by atoms with Gasteiger partial charge in [-0.15, -0.1) is 11.8 Å². The van der Waals surface area contributed by atoms with Gasteiger partial charge in [0.15, 0.2) is 0 Å². The van der Waals surface area contributed by atoms with Crippen LogP contribution in [0.1, 0.15) is 45.1 Å². The lowest BCUT2D eigenvalue weighted by Gasteiger charge is -2.23. The summed E-state index contributed by atoms with van der Waals surface area (Å²) in [6.07, 6.45) is 6.63. The van der Waals surface area contributed by atoms with E-state index in [1.54, 1.807) is 0 Å². The van der Waals surface area contributed by atoms with Crippen LogP contribution in [0.4, 0.5) is 0 Å². The molecule has 1 N–H and O–H groups in total. The molecule has 0 aliphatic carbocycles. The molecule has 18 heavy (non-hydrogen) atoms. The number of nitrogens with one attached hydrogen (secondary N) is 1. The molecule has 1 nitrogen and oxygen atoms in total. The maximum absolute atomic E-state index is 3.62. The molecule has 0 spiro atoms. The Morgan fingerprint density at radius 2 is 2.00 bits per heavy atom. The maximum atomic E-state index is 3.62. The lowest BCUT2D eigenvalue weighted by Crippen LogP contribution is -2.34. The van der Waals surface area contributed by atoms with Crippen LogP contribution >= 0.6 is 11.8 Å². The van der Waals surface area contributed by atoms with Gasteiger partial charge in [0.05, 0.1) is 0 Å². The summed E-state index contributed by atoms with van der Waals surface area (Å²) < 4.78 is 0. The van der Waals surface area contributed by atoms with Gasteiger partial charge in [-0.3, -0.25) is 0 Å². The molecular weight excluding hydrogens is 238 g/mol. The zero-order valence-corrected chi connectivity index (χ0v) is 12.4. The summed E-state index contributed by atoms with van der Waals surface area (Å²) in [5, 5.41) is 4.29. The third-order valence-electron chi connectivity index (χ3n) is 3.49. The average molecular weight is 263 g/mol. The van der Waals surface area contributed by atoms with Crippen LogP contribution in [-0.4, -0.2) is 17.8 Å². The number of benzene rings is 1. The van der Waals surface area contributed by atoms with Gasteiger partial charge >= 0.3 is 0 Å². The first-order valence-electron chi connectivity index (χ1n) is 7.23. The molecule has 1 aliphatic heterocycles. The fourth-order valence-electron chi connectivity index (χ4n) is 2.52. The predicted molar refractivity (Wildman–Crippen MR) is 81.4 cm³/mol. The highest BCUT2D eigenvalue weighted by Gasteiger charge is 2.11. The van der Waals surface area contributed by atoms with Gasteiger partial charge < -0.3 is 5.32 Å². The first-order chi connectivity index (χ1) is 8.74. The molecule has 2 rings (SSSR count). The van der Waals surface area contributed by atoms with Crippen LogP contribution in [0, 0.1) is 0 Å². The Morgan fingerprint density at radius 3 is 2.61 bits per heavy atom. The average Bonchev–Trinajstić information content (AvgIpc) is 2.38. The van der Waals surface area contributed by atoms with Gasteiger partial charge in [0.1, 0.15) is 0 Å². The summed E-state index contributed by atoms with van der Waals surface area (Å²) in [4.78, 5) is 1.39. The van der Waals surface area contributed by atoms with E-state index in [1.807, 2.05) is 11.8 Å². The second kappa shape index (κ2) is 7.20. The predicted octanol–water partition coefficient (Wildman–Crippen LogP) is 4.26. The van der Waals surface area contributed by atoms with Gasteiger partial charge in [-0.2, -0.15) is 0 Å². The van der Waals surface area contributed by atoms with Crippen molar-refractivity contribution in [2.45, 2.75) is 62.1 Å². The summed E-state index contributed by atoms with van der Waals surface area (Å²) in [6, 6.07) is 9.90. The first kappa shape index (κ1) is 14.0. The van der Waals surface area contributed by atoms with E-state index in [2.05, 4.69) is 43.4 Å². The van der Waals surface area contributed by atoms with E-state index < -0.39 is 0 Å². The van der Waals surface area contributed by atoms with Gasteiger partial charge in [0, 0.05) is 16.2 Å². The van der Waals surface area contributed by atoms with Gasteiger partial charge in [0.25, 0.3) is 0 Å². The number of hydrogen-bond acceptors (Lipinski definition) is 2. The van der Waals surface area contributed by atoms with E-state index in [0.717, 1.165) is 6.04 Å². The van der Waals surface area contributed by atoms with Crippen molar-refractivity contribution < 1.29 is 0 Å². The van der Waals surface area contributed by atoms with E-state index in [-0.39, 0.29) is 0 Å². The van der Waals surface area contributed by atoms with Gasteiger partial charge in [-0.25, -0.2) is 0 Å². The van der Waals surface area contributed by atoms with Crippen molar-refractivity contribution in [3.63, 3.8) is 0 Å². The number of rotatable bonds is 5. The molecule has 0 bridgehead atoms. The van der Waals surface area contributed by atoms with E-state index in [4.69, 9.17) is 0 Å². The minimum atomic E-state index is 0.669. The molecule has 0 saturated carbocycles. The third kappa shape index (κ3) is 4.66. The van der Waals surface area contributed by atoms with Crippen LogP contribution < -0.4 is 5.32 Å². The Hall–Kier alpha value is -0.470. The minimum Gasteiger partial charge on any atom is -0.314 e. The summed E-state index contributed by atoms with van der Waals surface area (Å²) in [5.41, 5.74) is 1.48. The van der Waals surface area contributed by atoms with Crippen molar-refractivity contribution in [3.8, 4) is 0 Å². The monoisotopic (exact) mass is 263 g/mol. The molecule has 1 unspecified atom stereocenters. The Morgan fingerprint density at radius 1 is 1.22 bits per heavy atom. The topological polar surface area (TPSA) is 12.0 Å². The molecule has 1 aromatic rings. The molecule has 1 aromatic carbocycles. The minimum absolute atomic E-state index is 0.669. The SMILES string of the molecule is CC(C)Sc1ccc(CCC2CCCCN2)cc1. The quantitative estimate of drug-likeness (QED) is 0.797. The zero-order chi connectivity index (χ0) is 12.8. The maximum Gasteiger partial charge on any atom is 0.00747 e. The van der Waals surface area contributed by atoms with Crippen molar-refractivity contribution in [3.05, 3.63) is 29.8 Å². The van der Waals surface area contributed by atoms with E-state index >= 15 is 0 Å². The number of aryl methyl sites for hydroxylation is 1. The standard InChI is InChI=1S/C16H25NS/c1-13(2)18-16-10-7-14(8-11-16)6-9-15-5-3-4-12-17-15/h7-8,10-11,13,15,17H,3-6,9,12H2,1-2H3. The van der Waals surface area contributed by atoms with Gasteiger partial charge in [-0.1, -0.05) is 32.4 Å². The molecule has 1 atom stereocenters. The van der Waals surface area contributed by atoms with Crippen LogP contribution in [0.5, 0.6) is 0 Å². The lowest BCUT2D eigenvalue weighted by atomic mass is 9.98. The highest BCUT2D eigenvalue weighted by atomic mass is 32.2. The molecule has 0 amide bonds. The van der Waals surface area contributed by atoms with E-state index in [1.165, 1.54) is 49.1 Å². The van der Waals surface area contributed by atoms with Crippen LogP contribution in [0.15, 0.2) is 29.2 Å². The number of piperidine rings is 1. The molecule has 1 fully saturated rings. The summed E-state index contributed by atoms with van der Waals surface area (Å²) >= 11 is 1.94. The van der Waals surface area contributed by atoms with Crippen molar-refractivity contribution in [2.75, 3.05) is 6.54 Å². The van der Waals surface area contributed by atoms with Crippen LogP contribution in [0.2, 0.25) is 0 Å². The Labute approximate surface area is 116 Å². The molecule has 2 heteroatoms. The first-order valence-corrected chi connectivity index (χ1v) is 8.11. The molecule has 0 aromatic heterocycles. The van der Waals surface area contributed by atoms with E-state index in [0.29, 0.717) is 5.25 Å². The Balaban J connectivity index is 1.78. The van der Waals surface area contributed by atoms with Crippen molar-refractivity contribution >= 4 is 11.8 Å². The van der Waals surface area contributed by atoms with Crippen molar-refractivity contribution in [1.29, 1.82) is 0 Å². The summed E-state index contributed by atoms with van der Waals surface area (Å²) in [7, 11) is 0. The summed E-state index contributed by atoms with van der Waals surface area (Å²) in [6.45, 7) is 5.70. The van der Waals surface area contributed by atoms with Crippen LogP contribution in [0.25, 0.3) is 0 Å². The van der Waals surface area contributed by atoms with Crippen molar-refractivity contribution in [2.24, 2.45) is 0 Å². The fourth-order valence-corrected chi connectivity index (χ4v) is 3.36. The zero-order valence-electron chi connectivity index (χ0n) is 11.6. The number of thioether (sulfide) groups is 1. The Kier molecular flexibility index (Phi) is 5.58. The second-order valence-corrected chi connectivity index (χ2v) is 7.15. The van der Waals surface area contributed by atoms with Gasteiger partial charge in [0.2, 0.25) is 0 Å².